The van der Waals surface area contributed by atoms with Gasteiger partial charge in [-0.1, -0.05) is 54.6 Å². The van der Waals surface area contributed by atoms with Crippen molar-refractivity contribution in [1.29, 1.82) is 0 Å². The molecule has 0 bridgehead atoms. The van der Waals surface area contributed by atoms with Gasteiger partial charge in [-0.2, -0.15) is 0 Å². The Kier molecular flexibility index (Phi) is 4.39. The molecule has 4 nitrogen and oxygen atoms in total. The van der Waals surface area contributed by atoms with Gasteiger partial charge in [0.1, 0.15) is 0 Å². The van der Waals surface area contributed by atoms with Crippen molar-refractivity contribution in [2.24, 2.45) is 10.4 Å². The molecule has 0 aliphatic rings. The van der Waals surface area contributed by atoms with Gasteiger partial charge in [0.2, 0.25) is 0 Å². The molecule has 0 radical (unpaired) electrons. The molecule has 2 aromatic rings. The predicted molar refractivity (Wildman–Crippen MR) is 77.3 cm³/mol. The highest BCUT2D eigenvalue weighted by atomic mass is 16.7. The molecule has 2 rings (SSSR count). The van der Waals surface area contributed by atoms with E-state index in [1.54, 1.807) is 24.3 Å². The second-order valence-corrected chi connectivity index (χ2v) is 4.24. The highest BCUT2D eigenvalue weighted by Gasteiger charge is 2.10. The van der Waals surface area contributed by atoms with Crippen LogP contribution in [-0.4, -0.2) is 5.97 Å². The maximum Gasteiger partial charge on any atom is 0.367 e. The quantitative estimate of drug-likeness (QED) is 0.472. The lowest BCUT2D eigenvalue weighted by Gasteiger charge is -2.01. The minimum atomic E-state index is -0.618. The molecule has 2 aromatic carbocycles. The molecule has 0 saturated heterocycles. The molecular weight excluding hydrogens is 252 g/mol. The summed E-state index contributed by atoms with van der Waals surface area (Å²) in [5.41, 5.74) is 2.68. The normalized spacial score (nSPS) is 10.4. The van der Waals surface area contributed by atoms with Crippen LogP contribution in [0.2, 0.25) is 0 Å². The summed E-state index contributed by atoms with van der Waals surface area (Å²) in [4.78, 5) is 16.4. The number of rotatable bonds is 4. The van der Waals surface area contributed by atoms with Gasteiger partial charge in [0, 0.05) is 5.28 Å². The summed E-state index contributed by atoms with van der Waals surface area (Å²) in [5, 5.41) is 7.24. The fourth-order valence-electron chi connectivity index (χ4n) is 1.53. The maximum atomic E-state index is 11.7. The molecule has 0 spiro atoms. The van der Waals surface area contributed by atoms with E-state index in [0.29, 0.717) is 11.3 Å². The van der Waals surface area contributed by atoms with Crippen LogP contribution in [0.5, 0.6) is 0 Å². The highest BCUT2D eigenvalue weighted by Crippen LogP contribution is 2.15. The topological polar surface area (TPSA) is 51.0 Å². The summed E-state index contributed by atoms with van der Waals surface area (Å²) in [6.45, 7) is 5.66. The number of nitrogens with zero attached hydrogens (tertiary/aromatic N) is 2. The third kappa shape index (κ3) is 3.62. The van der Waals surface area contributed by atoms with Crippen LogP contribution in [-0.2, 0) is 9.63 Å². The van der Waals surface area contributed by atoms with E-state index in [1.165, 1.54) is 0 Å². The summed E-state index contributed by atoms with van der Waals surface area (Å²) in [6, 6.07) is 16.4. The van der Waals surface area contributed by atoms with Crippen LogP contribution in [0.1, 0.15) is 11.1 Å². The third-order valence-corrected chi connectivity index (χ3v) is 2.68. The van der Waals surface area contributed by atoms with Crippen molar-refractivity contribution >= 4 is 17.2 Å². The van der Waals surface area contributed by atoms with E-state index in [2.05, 4.69) is 17.0 Å². The van der Waals surface area contributed by atoms with E-state index in [1.807, 2.05) is 37.3 Å². The Morgan fingerprint density at radius 2 is 1.70 bits per heavy atom. The zero-order valence-electron chi connectivity index (χ0n) is 11.1. The second-order valence-electron chi connectivity index (χ2n) is 4.24. The van der Waals surface area contributed by atoms with Gasteiger partial charge in [-0.15, -0.1) is 5.11 Å². The first-order chi connectivity index (χ1) is 9.66. The number of carbonyl (C=O) groups excluding carboxylic acids is 1. The van der Waals surface area contributed by atoms with Gasteiger partial charge in [-0.25, -0.2) is 4.79 Å². The summed E-state index contributed by atoms with van der Waals surface area (Å²) >= 11 is 0. The number of aryl methyl sites for hydroxylation is 1. The van der Waals surface area contributed by atoms with Gasteiger partial charge < -0.3 is 0 Å². The Bertz CT molecular complexity index is 631. The largest absolute Gasteiger partial charge is 0.367 e. The molecule has 0 unspecified atom stereocenters. The van der Waals surface area contributed by atoms with Crippen LogP contribution in [0.25, 0.3) is 5.57 Å². The molecule has 0 atom stereocenters. The number of hydrogen-bond donors (Lipinski definition) is 0. The van der Waals surface area contributed by atoms with Crippen molar-refractivity contribution < 1.29 is 9.63 Å². The third-order valence-electron chi connectivity index (χ3n) is 2.68. The highest BCUT2D eigenvalue weighted by molar-refractivity contribution is 6.15. The number of benzene rings is 2. The standard InChI is InChI=1S/C16H14N2O2/c1-12-8-10-15(11-9-12)17-18-20-16(19)13(2)14-6-4-3-5-7-14/h3-11H,2H2,1H3. The zero-order chi connectivity index (χ0) is 14.4. The molecule has 0 heterocycles. The molecule has 0 N–H and O–H groups in total. The molecule has 20 heavy (non-hydrogen) atoms. The first kappa shape index (κ1) is 13.7. The van der Waals surface area contributed by atoms with Crippen LogP contribution in [0.3, 0.4) is 0 Å². The van der Waals surface area contributed by atoms with Gasteiger partial charge in [0.25, 0.3) is 0 Å². The van der Waals surface area contributed by atoms with E-state index in [4.69, 9.17) is 4.84 Å². The average molecular weight is 266 g/mol. The first-order valence-corrected chi connectivity index (χ1v) is 6.10. The zero-order valence-corrected chi connectivity index (χ0v) is 11.1. The molecule has 4 heteroatoms. The SMILES string of the molecule is C=C(C(=O)ON=Nc1ccc(C)cc1)c1ccccc1. The lowest BCUT2D eigenvalue weighted by Crippen LogP contribution is -2.01. The second kappa shape index (κ2) is 6.43. The lowest BCUT2D eigenvalue weighted by atomic mass is 10.1. The minimum absolute atomic E-state index is 0.244. The predicted octanol–water partition coefficient (Wildman–Crippen LogP) is 4.25. The van der Waals surface area contributed by atoms with E-state index < -0.39 is 5.97 Å². The van der Waals surface area contributed by atoms with E-state index in [-0.39, 0.29) is 5.57 Å². The van der Waals surface area contributed by atoms with Crippen LogP contribution >= 0.6 is 0 Å². The van der Waals surface area contributed by atoms with Crippen molar-refractivity contribution in [3.63, 3.8) is 0 Å². The van der Waals surface area contributed by atoms with Gasteiger partial charge in [-0.3, -0.25) is 4.84 Å². The van der Waals surface area contributed by atoms with E-state index in [0.717, 1.165) is 5.56 Å². The van der Waals surface area contributed by atoms with Crippen molar-refractivity contribution in [2.75, 3.05) is 0 Å². The number of carbonyl (C=O) groups is 1. The molecular formula is C16H14N2O2. The molecule has 100 valence electrons. The van der Waals surface area contributed by atoms with Gasteiger partial charge in [0.15, 0.2) is 0 Å². The van der Waals surface area contributed by atoms with E-state index in [9.17, 15) is 4.79 Å². The minimum Gasteiger partial charge on any atom is -0.294 e. The van der Waals surface area contributed by atoms with Crippen molar-refractivity contribution in [3.05, 3.63) is 72.3 Å². The van der Waals surface area contributed by atoms with Crippen LogP contribution < -0.4 is 0 Å². The summed E-state index contributed by atoms with van der Waals surface area (Å²) < 4.78 is 0. The molecule has 0 fully saturated rings. The fourth-order valence-corrected chi connectivity index (χ4v) is 1.53. The fraction of sp³-hybridized carbons (Fsp3) is 0.0625. The van der Waals surface area contributed by atoms with Gasteiger partial charge in [0.05, 0.1) is 11.3 Å². The molecule has 0 aromatic heterocycles. The lowest BCUT2D eigenvalue weighted by molar-refractivity contribution is -0.137. The molecule has 0 saturated carbocycles. The van der Waals surface area contributed by atoms with Crippen molar-refractivity contribution in [3.8, 4) is 0 Å². The summed E-state index contributed by atoms with van der Waals surface area (Å²) in [6.07, 6.45) is 0. The van der Waals surface area contributed by atoms with Crippen LogP contribution in [0, 0.1) is 6.92 Å². The average Bonchev–Trinajstić information content (AvgIpc) is 2.49. The van der Waals surface area contributed by atoms with Gasteiger partial charge in [-0.05, 0) is 24.6 Å². The monoisotopic (exact) mass is 266 g/mol. The molecule has 0 amide bonds. The van der Waals surface area contributed by atoms with Crippen molar-refractivity contribution in [1.82, 2.24) is 0 Å². The maximum absolute atomic E-state index is 11.7. The molecule has 0 aliphatic heterocycles. The Morgan fingerprint density at radius 1 is 1.05 bits per heavy atom. The van der Waals surface area contributed by atoms with Crippen LogP contribution in [0.15, 0.2) is 71.6 Å². The summed E-state index contributed by atoms with van der Waals surface area (Å²) in [7, 11) is 0. The Hall–Kier alpha value is -2.75. The smallest absolute Gasteiger partial charge is 0.294 e. The summed E-state index contributed by atoms with van der Waals surface area (Å²) in [5.74, 6) is -0.618. The first-order valence-electron chi connectivity index (χ1n) is 6.10. The Balaban J connectivity index is 1.95. The molecule has 0 aliphatic carbocycles. The van der Waals surface area contributed by atoms with Crippen LogP contribution in [0.4, 0.5) is 5.69 Å². The van der Waals surface area contributed by atoms with Gasteiger partial charge >= 0.3 is 5.97 Å². The van der Waals surface area contributed by atoms with Crippen molar-refractivity contribution in [2.45, 2.75) is 6.92 Å². The number of hydrogen-bond acceptors (Lipinski definition) is 4. The Labute approximate surface area is 117 Å². The Morgan fingerprint density at radius 3 is 2.35 bits per heavy atom. The van der Waals surface area contributed by atoms with E-state index >= 15 is 0 Å².